The van der Waals surface area contributed by atoms with Crippen LogP contribution in [0.4, 0.5) is 4.79 Å². The highest BCUT2D eigenvalue weighted by atomic mass is 16.7. The molecule has 0 spiro atoms. The van der Waals surface area contributed by atoms with Crippen LogP contribution >= 0.6 is 0 Å². The van der Waals surface area contributed by atoms with Crippen molar-refractivity contribution in [1.29, 1.82) is 0 Å². The van der Waals surface area contributed by atoms with Crippen molar-refractivity contribution >= 4 is 6.09 Å². The van der Waals surface area contributed by atoms with Gasteiger partial charge in [-0.25, -0.2) is 4.79 Å². The van der Waals surface area contributed by atoms with Gasteiger partial charge in [0.25, 0.3) is 0 Å². The van der Waals surface area contributed by atoms with Gasteiger partial charge in [-0.2, -0.15) is 5.06 Å². The Labute approximate surface area is 89.2 Å². The summed E-state index contributed by atoms with van der Waals surface area (Å²) in [5, 5.41) is 1.32. The molecule has 0 bridgehead atoms. The van der Waals surface area contributed by atoms with Crippen molar-refractivity contribution in [2.45, 2.75) is 32.4 Å². The van der Waals surface area contributed by atoms with Crippen molar-refractivity contribution in [2.24, 2.45) is 5.92 Å². The van der Waals surface area contributed by atoms with Gasteiger partial charge in [0.1, 0.15) is 5.60 Å². The molecule has 0 saturated carbocycles. The molecule has 0 unspecified atom stereocenters. The molecule has 2 fully saturated rings. The van der Waals surface area contributed by atoms with E-state index in [9.17, 15) is 4.79 Å². The molecule has 15 heavy (non-hydrogen) atoms. The highest BCUT2D eigenvalue weighted by Crippen LogP contribution is 2.28. The first kappa shape index (κ1) is 10.7. The molecule has 0 aromatic carbocycles. The van der Waals surface area contributed by atoms with E-state index in [-0.39, 0.29) is 6.04 Å². The van der Waals surface area contributed by atoms with Crippen molar-refractivity contribution in [1.82, 2.24) is 5.06 Å². The Kier molecular flexibility index (Phi) is 2.60. The normalized spacial score (nSPS) is 30.5. The number of ether oxygens (including phenoxy) is 2. The number of carbonyl (C=O) groups excluding carboxylic acids is 1. The number of hydroxylamine groups is 2. The third-order valence-corrected chi connectivity index (χ3v) is 2.47. The molecule has 0 radical (unpaired) electrons. The number of carbonyl (C=O) groups is 1. The van der Waals surface area contributed by atoms with Crippen LogP contribution in [-0.4, -0.2) is 42.6 Å². The van der Waals surface area contributed by atoms with E-state index in [1.807, 2.05) is 20.8 Å². The summed E-state index contributed by atoms with van der Waals surface area (Å²) in [6.45, 7) is 7.27. The monoisotopic (exact) mass is 215 g/mol. The van der Waals surface area contributed by atoms with Gasteiger partial charge in [-0.1, -0.05) is 0 Å². The molecule has 5 heteroatoms. The molecule has 2 aliphatic heterocycles. The lowest BCUT2D eigenvalue weighted by Crippen LogP contribution is -2.40. The highest BCUT2D eigenvalue weighted by Gasteiger charge is 2.44. The highest BCUT2D eigenvalue weighted by molar-refractivity contribution is 5.67. The summed E-state index contributed by atoms with van der Waals surface area (Å²) in [6.07, 6.45) is -0.416. The lowest BCUT2D eigenvalue weighted by molar-refractivity contribution is -0.131. The molecule has 2 heterocycles. The second kappa shape index (κ2) is 3.64. The van der Waals surface area contributed by atoms with Crippen LogP contribution in [0.1, 0.15) is 20.8 Å². The molecule has 2 saturated heterocycles. The minimum absolute atomic E-state index is 0.0276. The number of fused-ring (bicyclic) bond motifs is 1. The quantitative estimate of drug-likeness (QED) is 0.609. The molecule has 0 aromatic rings. The maximum absolute atomic E-state index is 11.7. The van der Waals surface area contributed by atoms with E-state index in [0.29, 0.717) is 25.7 Å². The van der Waals surface area contributed by atoms with Gasteiger partial charge in [-0.05, 0) is 20.8 Å². The van der Waals surface area contributed by atoms with Gasteiger partial charge in [0.2, 0.25) is 0 Å². The van der Waals surface area contributed by atoms with Gasteiger partial charge < -0.3 is 9.47 Å². The van der Waals surface area contributed by atoms with Gasteiger partial charge in [0, 0.05) is 5.92 Å². The Morgan fingerprint density at radius 1 is 1.33 bits per heavy atom. The summed E-state index contributed by atoms with van der Waals surface area (Å²) in [5.41, 5.74) is -0.488. The van der Waals surface area contributed by atoms with Crippen LogP contribution in [-0.2, 0) is 14.3 Å². The summed E-state index contributed by atoms with van der Waals surface area (Å²) < 4.78 is 10.5. The summed E-state index contributed by atoms with van der Waals surface area (Å²) in [5.74, 6) is 0.303. The van der Waals surface area contributed by atoms with Crippen LogP contribution < -0.4 is 0 Å². The third kappa shape index (κ3) is 2.23. The Morgan fingerprint density at radius 2 is 2.07 bits per heavy atom. The fraction of sp³-hybridized carbons (Fsp3) is 0.900. The molecule has 2 aliphatic rings. The van der Waals surface area contributed by atoms with Gasteiger partial charge in [-0.3, -0.25) is 4.84 Å². The smallest absolute Gasteiger partial charge is 0.434 e. The summed E-state index contributed by atoms with van der Waals surface area (Å²) >= 11 is 0. The summed E-state index contributed by atoms with van der Waals surface area (Å²) in [4.78, 5) is 17.0. The first-order valence-corrected chi connectivity index (χ1v) is 5.20. The van der Waals surface area contributed by atoms with Crippen LogP contribution in [0.2, 0.25) is 0 Å². The second-order valence-electron chi connectivity index (χ2n) is 4.97. The average Bonchev–Trinajstić information content (AvgIpc) is 2.57. The predicted octanol–water partition coefficient (Wildman–Crippen LogP) is 1.18. The SMILES string of the molecule is CC(C)(C)OC(=O)N1OC[C@@H]2COC[C@@H]21. The minimum Gasteiger partial charge on any atom is -0.442 e. The van der Waals surface area contributed by atoms with Gasteiger partial charge in [0.05, 0.1) is 25.9 Å². The minimum atomic E-state index is -0.488. The molecule has 0 aromatic heterocycles. The number of nitrogens with zero attached hydrogens (tertiary/aromatic N) is 1. The Hall–Kier alpha value is -0.810. The number of amides is 1. The molecular weight excluding hydrogens is 198 g/mol. The van der Waals surface area contributed by atoms with E-state index in [1.54, 1.807) is 0 Å². The van der Waals surface area contributed by atoms with E-state index in [4.69, 9.17) is 14.3 Å². The van der Waals surface area contributed by atoms with Crippen molar-refractivity contribution in [3.8, 4) is 0 Å². The van der Waals surface area contributed by atoms with E-state index in [0.717, 1.165) is 0 Å². The molecule has 1 amide bonds. The Balaban J connectivity index is 1.96. The molecule has 86 valence electrons. The molecule has 0 aliphatic carbocycles. The Bertz CT molecular complexity index is 261. The fourth-order valence-corrected chi connectivity index (χ4v) is 1.77. The first-order chi connectivity index (χ1) is 6.97. The van der Waals surface area contributed by atoms with Crippen LogP contribution in [0, 0.1) is 5.92 Å². The summed E-state index contributed by atoms with van der Waals surface area (Å²) in [6, 6.07) is 0.0276. The topological polar surface area (TPSA) is 48.0 Å². The van der Waals surface area contributed by atoms with E-state index in [2.05, 4.69) is 0 Å². The zero-order valence-electron chi connectivity index (χ0n) is 9.36. The largest absolute Gasteiger partial charge is 0.442 e. The van der Waals surface area contributed by atoms with Crippen molar-refractivity contribution < 1.29 is 19.1 Å². The van der Waals surface area contributed by atoms with E-state index < -0.39 is 11.7 Å². The lowest BCUT2D eigenvalue weighted by Gasteiger charge is -2.25. The van der Waals surface area contributed by atoms with Gasteiger partial charge in [0.15, 0.2) is 0 Å². The predicted molar refractivity (Wildman–Crippen MR) is 52.1 cm³/mol. The molecule has 2 rings (SSSR count). The van der Waals surface area contributed by atoms with Crippen LogP contribution in [0.3, 0.4) is 0 Å². The molecular formula is C10H17NO4. The first-order valence-electron chi connectivity index (χ1n) is 5.20. The average molecular weight is 215 g/mol. The summed E-state index contributed by atoms with van der Waals surface area (Å²) in [7, 11) is 0. The van der Waals surface area contributed by atoms with E-state index in [1.165, 1.54) is 5.06 Å². The molecule has 0 N–H and O–H groups in total. The number of hydrogen-bond donors (Lipinski definition) is 0. The molecule has 5 nitrogen and oxygen atoms in total. The van der Waals surface area contributed by atoms with Crippen molar-refractivity contribution in [3.63, 3.8) is 0 Å². The number of rotatable bonds is 0. The van der Waals surface area contributed by atoms with Crippen molar-refractivity contribution in [2.75, 3.05) is 19.8 Å². The second-order valence-corrected chi connectivity index (χ2v) is 4.97. The fourth-order valence-electron chi connectivity index (χ4n) is 1.77. The van der Waals surface area contributed by atoms with Crippen LogP contribution in [0.5, 0.6) is 0 Å². The Morgan fingerprint density at radius 3 is 2.73 bits per heavy atom. The maximum atomic E-state index is 11.7. The zero-order chi connectivity index (χ0) is 11.1. The van der Waals surface area contributed by atoms with Gasteiger partial charge in [-0.15, -0.1) is 0 Å². The number of hydrogen-bond acceptors (Lipinski definition) is 4. The standard InChI is InChI=1S/C10H17NO4/c1-10(2,3)15-9(12)11-8-6-13-4-7(8)5-14-11/h7-8H,4-6H2,1-3H3/t7-,8-/m0/s1. The van der Waals surface area contributed by atoms with Crippen LogP contribution in [0.15, 0.2) is 0 Å². The van der Waals surface area contributed by atoms with Crippen molar-refractivity contribution in [3.05, 3.63) is 0 Å². The molecule has 2 atom stereocenters. The zero-order valence-corrected chi connectivity index (χ0v) is 9.36. The maximum Gasteiger partial charge on any atom is 0.434 e. The lowest BCUT2D eigenvalue weighted by atomic mass is 10.1. The third-order valence-electron chi connectivity index (χ3n) is 2.47. The van der Waals surface area contributed by atoms with Gasteiger partial charge >= 0.3 is 6.09 Å². The van der Waals surface area contributed by atoms with Crippen LogP contribution in [0.25, 0.3) is 0 Å². The van der Waals surface area contributed by atoms with E-state index >= 15 is 0 Å².